The molecule has 0 aromatic heterocycles. The molecule has 35 heavy (non-hydrogen) atoms. The number of carbonyl (C=O) groups is 3. The Morgan fingerprint density at radius 3 is 2.14 bits per heavy atom. The van der Waals surface area contributed by atoms with Gasteiger partial charge in [-0.05, 0) is 60.8 Å². The normalized spacial score (nSPS) is 23.3. The van der Waals surface area contributed by atoms with Crippen LogP contribution in [0.1, 0.15) is 62.5 Å². The molecule has 2 aromatic carbocycles. The number of piperidine rings is 1. The van der Waals surface area contributed by atoms with Gasteiger partial charge in [0.15, 0.2) is 0 Å². The number of benzene rings is 2. The number of amides is 2. The van der Waals surface area contributed by atoms with Gasteiger partial charge < -0.3 is 20.1 Å². The van der Waals surface area contributed by atoms with Crippen molar-refractivity contribution in [2.24, 2.45) is 5.92 Å². The maximum Gasteiger partial charge on any atom is 0.407 e. The van der Waals surface area contributed by atoms with Crippen molar-refractivity contribution in [3.63, 3.8) is 0 Å². The number of fused-ring (bicyclic) bond motifs is 5. The van der Waals surface area contributed by atoms with Crippen LogP contribution in [0.3, 0.4) is 0 Å². The van der Waals surface area contributed by atoms with E-state index in [2.05, 4.69) is 29.6 Å². The summed E-state index contributed by atoms with van der Waals surface area (Å²) in [6.07, 6.45) is 3.23. The van der Waals surface area contributed by atoms with Gasteiger partial charge in [0.2, 0.25) is 5.91 Å². The van der Waals surface area contributed by atoms with Crippen molar-refractivity contribution in [3.05, 3.63) is 59.7 Å². The topological polar surface area (TPSA) is 95.9 Å². The number of ether oxygens (including phenoxy) is 1. The number of nitrogens with one attached hydrogen (secondary N) is 1. The van der Waals surface area contributed by atoms with Crippen LogP contribution in [0.2, 0.25) is 0 Å². The Morgan fingerprint density at radius 2 is 1.57 bits per heavy atom. The first-order valence-corrected chi connectivity index (χ1v) is 12.5. The standard InChI is InChI=1S/C28H32N2O5/c1-17(12-26(31)30-19-10-11-20(30)14-18(13-19)15-27(32)33)29-28(34)35-16-25-23-8-4-2-6-21(23)22-7-3-5-9-24(22)25/h2-9,17-20,25H,10-16H2,1H3,(H,29,34)(H,32,33)/t17-,18?,19?,20?/m0/s1. The molecule has 2 bridgehead atoms. The van der Waals surface area contributed by atoms with Crippen LogP contribution in [0.25, 0.3) is 11.1 Å². The first-order valence-electron chi connectivity index (χ1n) is 12.5. The van der Waals surface area contributed by atoms with Gasteiger partial charge in [0.05, 0.1) is 0 Å². The van der Waals surface area contributed by atoms with E-state index >= 15 is 0 Å². The van der Waals surface area contributed by atoms with Crippen LogP contribution in [-0.2, 0) is 14.3 Å². The number of carboxylic acid groups (broad SMARTS) is 1. The van der Waals surface area contributed by atoms with Gasteiger partial charge in [0.25, 0.3) is 0 Å². The largest absolute Gasteiger partial charge is 0.481 e. The molecule has 2 aromatic rings. The van der Waals surface area contributed by atoms with Crippen molar-refractivity contribution in [2.45, 2.75) is 69.5 Å². The second-order valence-electron chi connectivity index (χ2n) is 10.2. The second-order valence-corrected chi connectivity index (χ2v) is 10.2. The van der Waals surface area contributed by atoms with Gasteiger partial charge in [-0.25, -0.2) is 4.79 Å². The first-order chi connectivity index (χ1) is 16.9. The number of hydrogen-bond donors (Lipinski definition) is 2. The van der Waals surface area contributed by atoms with Gasteiger partial charge in [-0.1, -0.05) is 48.5 Å². The highest BCUT2D eigenvalue weighted by molar-refractivity contribution is 5.80. The molecule has 2 unspecified atom stereocenters. The van der Waals surface area contributed by atoms with Crippen molar-refractivity contribution in [1.29, 1.82) is 0 Å². The Bertz CT molecular complexity index is 1070. The number of carbonyl (C=O) groups excluding carboxylic acids is 2. The summed E-state index contributed by atoms with van der Waals surface area (Å²) in [6.45, 7) is 2.06. The SMILES string of the molecule is C[C@@H](CC(=O)N1C2CCC1CC(CC(=O)O)C2)NC(=O)OCC1c2ccccc2-c2ccccc21. The molecule has 7 heteroatoms. The maximum atomic E-state index is 13.0. The highest BCUT2D eigenvalue weighted by Crippen LogP contribution is 2.44. The maximum absolute atomic E-state index is 13.0. The third-order valence-corrected chi connectivity index (χ3v) is 7.77. The molecular weight excluding hydrogens is 444 g/mol. The van der Waals surface area contributed by atoms with Gasteiger partial charge >= 0.3 is 12.1 Å². The number of nitrogens with zero attached hydrogens (tertiary/aromatic N) is 1. The molecule has 0 spiro atoms. The lowest BCUT2D eigenvalue weighted by atomic mass is 9.88. The molecule has 184 valence electrons. The molecule has 3 atom stereocenters. The highest BCUT2D eigenvalue weighted by atomic mass is 16.5. The lowest BCUT2D eigenvalue weighted by Gasteiger charge is -2.39. The molecule has 2 saturated heterocycles. The first kappa shape index (κ1) is 23.4. The third-order valence-electron chi connectivity index (χ3n) is 7.77. The predicted molar refractivity (Wildman–Crippen MR) is 131 cm³/mol. The Labute approximate surface area is 205 Å². The summed E-state index contributed by atoms with van der Waals surface area (Å²) in [5.41, 5.74) is 4.67. The van der Waals surface area contributed by atoms with Gasteiger partial charge in [0.1, 0.15) is 6.61 Å². The summed E-state index contributed by atoms with van der Waals surface area (Å²) in [5, 5.41) is 11.9. The van der Waals surface area contributed by atoms with Gasteiger partial charge in [-0.3, -0.25) is 9.59 Å². The van der Waals surface area contributed by atoms with Crippen LogP contribution in [0.15, 0.2) is 48.5 Å². The van der Waals surface area contributed by atoms with Gasteiger partial charge in [-0.2, -0.15) is 0 Å². The van der Waals surface area contributed by atoms with E-state index in [9.17, 15) is 14.4 Å². The lowest BCUT2D eigenvalue weighted by Crippen LogP contribution is -2.48. The molecule has 2 fully saturated rings. The molecule has 0 saturated carbocycles. The lowest BCUT2D eigenvalue weighted by molar-refractivity contribution is -0.140. The fourth-order valence-electron chi connectivity index (χ4n) is 6.37. The quantitative estimate of drug-likeness (QED) is 0.611. The fourth-order valence-corrected chi connectivity index (χ4v) is 6.37. The van der Waals surface area contributed by atoms with Crippen molar-refractivity contribution >= 4 is 18.0 Å². The van der Waals surface area contributed by atoms with E-state index in [1.807, 2.05) is 36.1 Å². The van der Waals surface area contributed by atoms with Crippen molar-refractivity contribution < 1.29 is 24.2 Å². The molecule has 3 aliphatic rings. The van der Waals surface area contributed by atoms with Crippen LogP contribution in [0, 0.1) is 5.92 Å². The zero-order valence-electron chi connectivity index (χ0n) is 20.0. The van der Waals surface area contributed by atoms with Gasteiger partial charge in [-0.15, -0.1) is 0 Å². The predicted octanol–water partition coefficient (Wildman–Crippen LogP) is 4.55. The van der Waals surface area contributed by atoms with E-state index in [1.165, 1.54) is 11.1 Å². The number of aliphatic carboxylic acids is 1. The van der Waals surface area contributed by atoms with E-state index in [1.54, 1.807) is 0 Å². The summed E-state index contributed by atoms with van der Waals surface area (Å²) < 4.78 is 5.61. The fraction of sp³-hybridized carbons (Fsp3) is 0.464. The van der Waals surface area contributed by atoms with E-state index in [0.717, 1.165) is 36.8 Å². The minimum Gasteiger partial charge on any atom is -0.481 e. The molecule has 2 aliphatic heterocycles. The molecule has 2 N–H and O–H groups in total. The Hall–Kier alpha value is -3.35. The summed E-state index contributed by atoms with van der Waals surface area (Å²) in [5.74, 6) is -0.606. The van der Waals surface area contributed by atoms with Crippen LogP contribution in [0.5, 0.6) is 0 Å². The molecule has 0 radical (unpaired) electrons. The number of hydrogen-bond acceptors (Lipinski definition) is 4. The Kier molecular flexibility index (Phi) is 6.50. The minimum absolute atomic E-state index is 0.00666. The molecule has 7 nitrogen and oxygen atoms in total. The monoisotopic (exact) mass is 476 g/mol. The third kappa shape index (κ3) is 4.77. The average molecular weight is 477 g/mol. The molecule has 2 amide bonds. The van der Waals surface area contributed by atoms with Crippen molar-refractivity contribution in [2.75, 3.05) is 6.61 Å². The molecule has 1 aliphatic carbocycles. The van der Waals surface area contributed by atoms with Crippen LogP contribution >= 0.6 is 0 Å². The summed E-state index contributed by atoms with van der Waals surface area (Å²) >= 11 is 0. The summed E-state index contributed by atoms with van der Waals surface area (Å²) in [6, 6.07) is 16.3. The average Bonchev–Trinajstić information content (AvgIpc) is 3.29. The number of rotatable bonds is 7. The van der Waals surface area contributed by atoms with Crippen molar-refractivity contribution in [3.8, 4) is 11.1 Å². The molecule has 2 heterocycles. The van der Waals surface area contributed by atoms with Crippen LogP contribution < -0.4 is 5.32 Å². The zero-order valence-corrected chi connectivity index (χ0v) is 20.0. The van der Waals surface area contributed by atoms with E-state index in [-0.39, 0.29) is 55.3 Å². The van der Waals surface area contributed by atoms with Crippen LogP contribution in [-0.4, -0.2) is 52.7 Å². The number of carboxylic acids is 1. The summed E-state index contributed by atoms with van der Waals surface area (Å²) in [4.78, 5) is 38.6. The summed E-state index contributed by atoms with van der Waals surface area (Å²) in [7, 11) is 0. The molecule has 5 rings (SSSR count). The second kappa shape index (κ2) is 9.72. The highest BCUT2D eigenvalue weighted by Gasteiger charge is 2.43. The number of alkyl carbamates (subject to hydrolysis) is 1. The van der Waals surface area contributed by atoms with E-state index in [0.29, 0.717) is 0 Å². The Balaban J connectivity index is 1.13. The van der Waals surface area contributed by atoms with Crippen LogP contribution in [0.4, 0.5) is 4.79 Å². The minimum atomic E-state index is -0.768. The van der Waals surface area contributed by atoms with E-state index < -0.39 is 12.1 Å². The molecular formula is C28H32N2O5. The Morgan fingerprint density at radius 1 is 1.00 bits per heavy atom. The van der Waals surface area contributed by atoms with Gasteiger partial charge in [0, 0.05) is 36.9 Å². The van der Waals surface area contributed by atoms with E-state index in [4.69, 9.17) is 9.84 Å². The smallest absolute Gasteiger partial charge is 0.407 e. The van der Waals surface area contributed by atoms with Crippen molar-refractivity contribution in [1.82, 2.24) is 10.2 Å². The zero-order chi connectivity index (χ0) is 24.5.